The van der Waals surface area contributed by atoms with E-state index in [0.29, 0.717) is 17.7 Å². The summed E-state index contributed by atoms with van der Waals surface area (Å²) in [6, 6.07) is 8.35. The van der Waals surface area contributed by atoms with Gasteiger partial charge in [0, 0.05) is 6.04 Å². The molecule has 1 aromatic carbocycles. The number of benzene rings is 1. The number of hydrogen-bond acceptors (Lipinski definition) is 2. The Morgan fingerprint density at radius 1 is 1.40 bits per heavy atom. The first kappa shape index (κ1) is 10.5. The van der Waals surface area contributed by atoms with E-state index in [1.54, 1.807) is 6.07 Å². The van der Waals surface area contributed by atoms with Gasteiger partial charge in [-0.15, -0.1) is 0 Å². The molecular weight excluding hydrogens is 186 g/mol. The van der Waals surface area contributed by atoms with Gasteiger partial charge in [-0.1, -0.05) is 12.1 Å². The Labute approximate surface area is 91.5 Å². The highest BCUT2D eigenvalue weighted by molar-refractivity contribution is 5.30. The van der Waals surface area contributed by atoms with E-state index in [1.165, 1.54) is 18.4 Å². The molecule has 0 saturated carbocycles. The van der Waals surface area contributed by atoms with Gasteiger partial charge in [0.2, 0.25) is 0 Å². The number of piperidine rings is 1. The number of aromatic hydroxyl groups is 1. The minimum atomic E-state index is 0.388. The predicted molar refractivity (Wildman–Crippen MR) is 62.2 cm³/mol. The fourth-order valence-electron chi connectivity index (χ4n) is 2.37. The Kier molecular flexibility index (Phi) is 2.96. The van der Waals surface area contributed by atoms with Crippen molar-refractivity contribution in [2.45, 2.75) is 31.7 Å². The first-order valence-electron chi connectivity index (χ1n) is 5.66. The van der Waals surface area contributed by atoms with Crippen molar-refractivity contribution in [1.29, 1.82) is 0 Å². The number of likely N-dealkylation sites (tertiary alicyclic amines) is 1. The third kappa shape index (κ3) is 2.32. The number of phenolic OH excluding ortho intramolecular Hbond substituents is 1. The van der Waals surface area contributed by atoms with E-state index >= 15 is 0 Å². The maximum Gasteiger partial charge on any atom is 0.115 e. The zero-order valence-electron chi connectivity index (χ0n) is 9.48. The average Bonchev–Trinajstić information content (AvgIpc) is 2.22. The van der Waals surface area contributed by atoms with Crippen LogP contribution in [0.3, 0.4) is 0 Å². The Morgan fingerprint density at radius 3 is 2.87 bits per heavy atom. The molecule has 2 rings (SSSR count). The Morgan fingerprint density at radius 2 is 2.20 bits per heavy atom. The molecule has 1 aliphatic heterocycles. The largest absolute Gasteiger partial charge is 0.508 e. The van der Waals surface area contributed by atoms with Crippen LogP contribution in [0.15, 0.2) is 24.3 Å². The first-order chi connectivity index (χ1) is 7.16. The second kappa shape index (κ2) is 4.23. The van der Waals surface area contributed by atoms with Gasteiger partial charge in [0.05, 0.1) is 0 Å². The van der Waals surface area contributed by atoms with Crippen molar-refractivity contribution in [2.24, 2.45) is 0 Å². The molecule has 1 aromatic rings. The molecule has 0 aromatic heterocycles. The zero-order valence-corrected chi connectivity index (χ0v) is 9.48. The highest BCUT2D eigenvalue weighted by Crippen LogP contribution is 2.31. The van der Waals surface area contributed by atoms with Crippen LogP contribution in [0, 0.1) is 0 Å². The molecule has 82 valence electrons. The first-order valence-corrected chi connectivity index (χ1v) is 5.66. The molecule has 2 atom stereocenters. The standard InChI is InChI=1S/C13H19NO/c1-10-8-12(6-7-14(10)2)11-4-3-5-13(15)9-11/h3-5,9-10,12,15H,6-8H2,1-2H3/t10-,12-/m1/s1. The van der Waals surface area contributed by atoms with E-state index < -0.39 is 0 Å². The fraction of sp³-hybridized carbons (Fsp3) is 0.538. The van der Waals surface area contributed by atoms with Crippen LogP contribution in [-0.4, -0.2) is 29.6 Å². The van der Waals surface area contributed by atoms with E-state index in [4.69, 9.17) is 0 Å². The summed E-state index contributed by atoms with van der Waals surface area (Å²) in [5.41, 5.74) is 1.29. The van der Waals surface area contributed by atoms with Crippen LogP contribution < -0.4 is 0 Å². The molecule has 2 nitrogen and oxygen atoms in total. The van der Waals surface area contributed by atoms with Crippen molar-refractivity contribution < 1.29 is 5.11 Å². The molecule has 0 spiro atoms. The van der Waals surface area contributed by atoms with Crippen molar-refractivity contribution >= 4 is 0 Å². The summed E-state index contributed by atoms with van der Waals surface area (Å²) >= 11 is 0. The molecule has 1 fully saturated rings. The lowest BCUT2D eigenvalue weighted by molar-refractivity contribution is 0.182. The van der Waals surface area contributed by atoms with Crippen molar-refractivity contribution in [3.8, 4) is 5.75 Å². The number of rotatable bonds is 1. The van der Waals surface area contributed by atoms with Crippen LogP contribution in [0.4, 0.5) is 0 Å². The summed E-state index contributed by atoms with van der Waals surface area (Å²) in [7, 11) is 2.18. The molecule has 1 aliphatic rings. The van der Waals surface area contributed by atoms with Gasteiger partial charge in [0.25, 0.3) is 0 Å². The Hall–Kier alpha value is -1.02. The molecular formula is C13H19NO. The van der Waals surface area contributed by atoms with Crippen LogP contribution in [0.1, 0.15) is 31.2 Å². The molecule has 2 heteroatoms. The topological polar surface area (TPSA) is 23.5 Å². The second-order valence-electron chi connectivity index (χ2n) is 4.65. The SMILES string of the molecule is C[C@@H]1C[C@H](c2cccc(O)c2)CCN1C. The van der Waals surface area contributed by atoms with E-state index in [0.717, 1.165) is 6.54 Å². The molecule has 0 unspecified atom stereocenters. The summed E-state index contributed by atoms with van der Waals surface area (Å²) < 4.78 is 0. The number of hydrogen-bond donors (Lipinski definition) is 1. The monoisotopic (exact) mass is 205 g/mol. The van der Waals surface area contributed by atoms with Crippen LogP contribution in [-0.2, 0) is 0 Å². The molecule has 0 amide bonds. The van der Waals surface area contributed by atoms with E-state index in [9.17, 15) is 5.11 Å². The molecule has 0 bridgehead atoms. The quantitative estimate of drug-likeness (QED) is 0.761. The molecule has 0 aliphatic carbocycles. The summed E-state index contributed by atoms with van der Waals surface area (Å²) in [5.74, 6) is 1.00. The Balaban J connectivity index is 2.12. The lowest BCUT2D eigenvalue weighted by Crippen LogP contribution is -2.36. The van der Waals surface area contributed by atoms with Gasteiger partial charge in [-0.05, 0) is 57.0 Å². The lowest BCUT2D eigenvalue weighted by Gasteiger charge is -2.35. The van der Waals surface area contributed by atoms with Crippen molar-refractivity contribution in [1.82, 2.24) is 4.90 Å². The number of phenols is 1. The average molecular weight is 205 g/mol. The van der Waals surface area contributed by atoms with E-state index in [-0.39, 0.29) is 0 Å². The summed E-state index contributed by atoms with van der Waals surface area (Å²) in [6.07, 6.45) is 2.39. The van der Waals surface area contributed by atoms with Gasteiger partial charge in [-0.25, -0.2) is 0 Å². The minimum Gasteiger partial charge on any atom is -0.508 e. The van der Waals surface area contributed by atoms with Gasteiger partial charge < -0.3 is 10.0 Å². The van der Waals surface area contributed by atoms with Gasteiger partial charge in [-0.3, -0.25) is 0 Å². The number of nitrogens with zero attached hydrogens (tertiary/aromatic N) is 1. The second-order valence-corrected chi connectivity index (χ2v) is 4.65. The normalized spacial score (nSPS) is 27.9. The van der Waals surface area contributed by atoms with E-state index in [2.05, 4.69) is 24.9 Å². The lowest BCUT2D eigenvalue weighted by atomic mass is 9.86. The van der Waals surface area contributed by atoms with Gasteiger partial charge in [0.15, 0.2) is 0 Å². The predicted octanol–water partition coefficient (Wildman–Crippen LogP) is 2.59. The zero-order chi connectivity index (χ0) is 10.8. The van der Waals surface area contributed by atoms with Crippen LogP contribution in [0.25, 0.3) is 0 Å². The summed E-state index contributed by atoms with van der Waals surface area (Å²) in [5, 5.41) is 9.45. The maximum absolute atomic E-state index is 9.45. The molecule has 0 radical (unpaired) electrons. The third-order valence-electron chi connectivity index (χ3n) is 3.55. The molecule has 15 heavy (non-hydrogen) atoms. The van der Waals surface area contributed by atoms with Crippen LogP contribution in [0.5, 0.6) is 5.75 Å². The highest BCUT2D eigenvalue weighted by Gasteiger charge is 2.23. The molecule has 1 N–H and O–H groups in total. The van der Waals surface area contributed by atoms with Crippen LogP contribution >= 0.6 is 0 Å². The van der Waals surface area contributed by atoms with Gasteiger partial charge in [0.1, 0.15) is 5.75 Å². The van der Waals surface area contributed by atoms with Crippen molar-refractivity contribution in [2.75, 3.05) is 13.6 Å². The summed E-state index contributed by atoms with van der Waals surface area (Å²) in [6.45, 7) is 3.43. The fourth-order valence-corrected chi connectivity index (χ4v) is 2.37. The molecule has 1 heterocycles. The summed E-state index contributed by atoms with van der Waals surface area (Å²) in [4.78, 5) is 2.40. The smallest absolute Gasteiger partial charge is 0.115 e. The maximum atomic E-state index is 9.45. The van der Waals surface area contributed by atoms with E-state index in [1.807, 2.05) is 12.1 Å². The Bertz CT molecular complexity index is 337. The highest BCUT2D eigenvalue weighted by atomic mass is 16.3. The van der Waals surface area contributed by atoms with Crippen molar-refractivity contribution in [3.05, 3.63) is 29.8 Å². The van der Waals surface area contributed by atoms with Gasteiger partial charge >= 0.3 is 0 Å². The van der Waals surface area contributed by atoms with Crippen molar-refractivity contribution in [3.63, 3.8) is 0 Å². The minimum absolute atomic E-state index is 0.388. The third-order valence-corrected chi connectivity index (χ3v) is 3.55. The molecule has 1 saturated heterocycles. The van der Waals surface area contributed by atoms with Gasteiger partial charge in [-0.2, -0.15) is 0 Å². The van der Waals surface area contributed by atoms with Crippen LogP contribution in [0.2, 0.25) is 0 Å².